The first kappa shape index (κ1) is 13.4. The van der Waals surface area contributed by atoms with Gasteiger partial charge < -0.3 is 11.1 Å². The molecule has 2 aromatic carbocycles. The van der Waals surface area contributed by atoms with E-state index in [-0.39, 0.29) is 18.1 Å². The van der Waals surface area contributed by atoms with E-state index in [0.29, 0.717) is 16.4 Å². The lowest BCUT2D eigenvalue weighted by Gasteiger charge is -2.07. The van der Waals surface area contributed by atoms with Gasteiger partial charge >= 0.3 is 0 Å². The summed E-state index contributed by atoms with van der Waals surface area (Å²) in [5, 5.41) is 3.14. The molecule has 2 rings (SSSR count). The Labute approximate surface area is 115 Å². The minimum absolute atomic E-state index is 0.169. The molecule has 5 heteroatoms. The molecule has 0 aliphatic carbocycles. The van der Waals surface area contributed by atoms with Crippen LogP contribution in [0.25, 0.3) is 0 Å². The van der Waals surface area contributed by atoms with Crippen molar-refractivity contribution in [2.45, 2.75) is 6.42 Å². The van der Waals surface area contributed by atoms with Crippen molar-refractivity contribution < 1.29 is 9.18 Å². The fraction of sp³-hybridized carbons (Fsp3) is 0.0714. The number of nitrogen functional groups attached to an aromatic ring is 1. The van der Waals surface area contributed by atoms with Crippen LogP contribution in [0.3, 0.4) is 0 Å². The Kier molecular flexibility index (Phi) is 4.02. The topological polar surface area (TPSA) is 55.1 Å². The Balaban J connectivity index is 2.01. The molecule has 0 aliphatic heterocycles. The number of carbonyl (C=O) groups excluding carboxylic acids is 1. The largest absolute Gasteiger partial charge is 0.397 e. The monoisotopic (exact) mass is 278 g/mol. The number of rotatable bonds is 3. The van der Waals surface area contributed by atoms with Crippen LogP contribution < -0.4 is 11.1 Å². The normalized spacial score (nSPS) is 10.2. The summed E-state index contributed by atoms with van der Waals surface area (Å²) in [7, 11) is 0. The SMILES string of the molecule is Nc1cc(NC(=O)Cc2ccc(F)cc2)ccc1Cl. The number of amides is 1. The van der Waals surface area contributed by atoms with Gasteiger partial charge in [0.05, 0.1) is 17.1 Å². The number of halogens is 2. The number of benzene rings is 2. The molecule has 0 heterocycles. The third kappa shape index (κ3) is 3.69. The van der Waals surface area contributed by atoms with Gasteiger partial charge in [-0.1, -0.05) is 23.7 Å². The summed E-state index contributed by atoms with van der Waals surface area (Å²) in [4.78, 5) is 11.8. The summed E-state index contributed by atoms with van der Waals surface area (Å²) in [6.45, 7) is 0. The summed E-state index contributed by atoms with van der Waals surface area (Å²) in [5.41, 5.74) is 7.36. The number of nitrogens with one attached hydrogen (secondary N) is 1. The van der Waals surface area contributed by atoms with Gasteiger partial charge in [0.2, 0.25) is 5.91 Å². The lowest BCUT2D eigenvalue weighted by atomic mass is 10.1. The van der Waals surface area contributed by atoms with Gasteiger partial charge in [-0.25, -0.2) is 4.39 Å². The molecule has 19 heavy (non-hydrogen) atoms. The predicted octanol–water partition coefficient (Wildman–Crippen LogP) is 3.24. The maximum atomic E-state index is 12.7. The summed E-state index contributed by atoms with van der Waals surface area (Å²) in [6.07, 6.45) is 0.169. The first-order chi connectivity index (χ1) is 9.04. The zero-order chi connectivity index (χ0) is 13.8. The van der Waals surface area contributed by atoms with Gasteiger partial charge in [0, 0.05) is 5.69 Å². The Morgan fingerprint density at radius 1 is 1.21 bits per heavy atom. The van der Waals surface area contributed by atoms with Gasteiger partial charge in [0.1, 0.15) is 5.82 Å². The van der Waals surface area contributed by atoms with Crippen LogP contribution in [-0.2, 0) is 11.2 Å². The quantitative estimate of drug-likeness (QED) is 0.847. The standard InChI is InChI=1S/C14H12ClFN2O/c15-12-6-5-11(8-13(12)17)18-14(19)7-9-1-3-10(16)4-2-9/h1-6,8H,7,17H2,(H,18,19). The average molecular weight is 279 g/mol. The van der Waals surface area contributed by atoms with Crippen molar-refractivity contribution in [1.29, 1.82) is 0 Å². The van der Waals surface area contributed by atoms with Gasteiger partial charge in [0.15, 0.2) is 0 Å². The molecule has 0 saturated heterocycles. The summed E-state index contributed by atoms with van der Waals surface area (Å²) >= 11 is 5.79. The van der Waals surface area contributed by atoms with Gasteiger partial charge in [0.25, 0.3) is 0 Å². The zero-order valence-electron chi connectivity index (χ0n) is 9.99. The van der Waals surface area contributed by atoms with E-state index >= 15 is 0 Å². The van der Waals surface area contributed by atoms with Crippen LogP contribution in [0, 0.1) is 5.82 Å². The first-order valence-corrected chi connectivity index (χ1v) is 6.02. The molecule has 0 bridgehead atoms. The molecule has 0 spiro atoms. The maximum Gasteiger partial charge on any atom is 0.228 e. The number of anilines is 2. The molecular weight excluding hydrogens is 267 g/mol. The first-order valence-electron chi connectivity index (χ1n) is 5.64. The smallest absolute Gasteiger partial charge is 0.228 e. The van der Waals surface area contributed by atoms with Crippen LogP contribution in [0.2, 0.25) is 5.02 Å². The van der Waals surface area contributed by atoms with E-state index in [9.17, 15) is 9.18 Å². The highest BCUT2D eigenvalue weighted by molar-refractivity contribution is 6.33. The van der Waals surface area contributed by atoms with Crippen molar-refractivity contribution in [3.63, 3.8) is 0 Å². The molecule has 0 atom stereocenters. The number of carbonyl (C=O) groups is 1. The highest BCUT2D eigenvalue weighted by atomic mass is 35.5. The predicted molar refractivity (Wildman–Crippen MR) is 74.6 cm³/mol. The van der Waals surface area contributed by atoms with Crippen molar-refractivity contribution in [3.05, 3.63) is 58.9 Å². The second kappa shape index (κ2) is 5.71. The fourth-order valence-corrected chi connectivity index (χ4v) is 1.73. The summed E-state index contributed by atoms with van der Waals surface area (Å²) in [5.74, 6) is -0.525. The molecule has 0 unspecified atom stereocenters. The average Bonchev–Trinajstić information content (AvgIpc) is 2.37. The molecule has 0 fully saturated rings. The second-order valence-electron chi connectivity index (χ2n) is 4.09. The minimum Gasteiger partial charge on any atom is -0.397 e. The number of nitrogens with two attached hydrogens (primary N) is 1. The highest BCUT2D eigenvalue weighted by Crippen LogP contribution is 2.22. The van der Waals surface area contributed by atoms with E-state index in [1.165, 1.54) is 12.1 Å². The van der Waals surface area contributed by atoms with Gasteiger partial charge in [-0.3, -0.25) is 4.79 Å². The van der Waals surface area contributed by atoms with Crippen LogP contribution in [-0.4, -0.2) is 5.91 Å². The molecule has 98 valence electrons. The van der Waals surface area contributed by atoms with E-state index in [0.717, 1.165) is 5.56 Å². The van der Waals surface area contributed by atoms with Crippen LogP contribution in [0.4, 0.5) is 15.8 Å². The van der Waals surface area contributed by atoms with Crippen molar-refractivity contribution in [2.24, 2.45) is 0 Å². The lowest BCUT2D eigenvalue weighted by molar-refractivity contribution is -0.115. The van der Waals surface area contributed by atoms with Crippen LogP contribution in [0.5, 0.6) is 0 Å². The van der Waals surface area contributed by atoms with E-state index in [4.69, 9.17) is 17.3 Å². The van der Waals surface area contributed by atoms with E-state index in [2.05, 4.69) is 5.32 Å². The number of hydrogen-bond acceptors (Lipinski definition) is 2. The van der Waals surface area contributed by atoms with Crippen molar-refractivity contribution in [3.8, 4) is 0 Å². The fourth-order valence-electron chi connectivity index (χ4n) is 1.61. The molecule has 0 saturated carbocycles. The third-order valence-corrected chi connectivity index (χ3v) is 2.90. The summed E-state index contributed by atoms with van der Waals surface area (Å²) in [6, 6.07) is 10.7. The molecule has 1 amide bonds. The Morgan fingerprint density at radius 3 is 2.53 bits per heavy atom. The van der Waals surface area contributed by atoms with Crippen LogP contribution in [0.1, 0.15) is 5.56 Å². The van der Waals surface area contributed by atoms with Gasteiger partial charge in [-0.15, -0.1) is 0 Å². The van der Waals surface area contributed by atoms with E-state index in [1.807, 2.05) is 0 Å². The highest BCUT2D eigenvalue weighted by Gasteiger charge is 2.05. The molecule has 3 N–H and O–H groups in total. The second-order valence-corrected chi connectivity index (χ2v) is 4.49. The van der Waals surface area contributed by atoms with Crippen LogP contribution in [0.15, 0.2) is 42.5 Å². The lowest BCUT2D eigenvalue weighted by Crippen LogP contribution is -2.14. The van der Waals surface area contributed by atoms with Gasteiger partial charge in [-0.2, -0.15) is 0 Å². The molecule has 0 aromatic heterocycles. The Hall–Kier alpha value is -2.07. The van der Waals surface area contributed by atoms with Crippen molar-refractivity contribution in [1.82, 2.24) is 0 Å². The van der Waals surface area contributed by atoms with Crippen molar-refractivity contribution >= 4 is 28.9 Å². The Morgan fingerprint density at radius 2 is 1.89 bits per heavy atom. The maximum absolute atomic E-state index is 12.7. The zero-order valence-corrected chi connectivity index (χ0v) is 10.7. The van der Waals surface area contributed by atoms with Crippen LogP contribution >= 0.6 is 11.6 Å². The molecule has 3 nitrogen and oxygen atoms in total. The van der Waals surface area contributed by atoms with Gasteiger partial charge in [-0.05, 0) is 35.9 Å². The number of hydrogen-bond donors (Lipinski definition) is 2. The third-order valence-electron chi connectivity index (χ3n) is 2.56. The minimum atomic E-state index is -0.324. The Bertz CT molecular complexity index is 599. The van der Waals surface area contributed by atoms with E-state index in [1.54, 1.807) is 30.3 Å². The molecular formula is C14H12ClFN2O. The summed E-state index contributed by atoms with van der Waals surface area (Å²) < 4.78 is 12.7. The van der Waals surface area contributed by atoms with Crippen molar-refractivity contribution in [2.75, 3.05) is 11.1 Å². The molecule has 2 aromatic rings. The molecule has 0 aliphatic rings. The molecule has 0 radical (unpaired) electrons. The van der Waals surface area contributed by atoms with E-state index < -0.39 is 0 Å².